The van der Waals surface area contributed by atoms with Crippen molar-refractivity contribution >= 4 is 40.3 Å². The zero-order chi connectivity index (χ0) is 21.7. The van der Waals surface area contributed by atoms with Crippen molar-refractivity contribution in [1.29, 1.82) is 0 Å². The summed E-state index contributed by atoms with van der Waals surface area (Å²) in [6.45, 7) is 6.43. The number of benzene rings is 2. The van der Waals surface area contributed by atoms with Crippen LogP contribution in [-0.4, -0.2) is 35.4 Å². The Hall–Kier alpha value is -2.99. The van der Waals surface area contributed by atoms with E-state index in [4.69, 9.17) is 16.3 Å². The first-order chi connectivity index (χ1) is 14.2. The van der Waals surface area contributed by atoms with Gasteiger partial charge in [0.05, 0.1) is 24.7 Å². The SMILES string of the molecule is COC(=O)N1CC(C)n2c(C)cc3c(-c4ccc(Cl)cc4)c(CC(=O)O)c(C)c1c32. The average molecular weight is 427 g/mol. The van der Waals surface area contributed by atoms with Crippen molar-refractivity contribution < 1.29 is 19.4 Å². The quantitative estimate of drug-likeness (QED) is 0.612. The Morgan fingerprint density at radius 1 is 1.23 bits per heavy atom. The molecule has 3 aromatic rings. The van der Waals surface area contributed by atoms with E-state index in [9.17, 15) is 14.7 Å². The molecule has 0 aliphatic carbocycles. The monoisotopic (exact) mass is 426 g/mol. The van der Waals surface area contributed by atoms with Crippen molar-refractivity contribution in [3.8, 4) is 11.1 Å². The molecule has 6 nitrogen and oxygen atoms in total. The van der Waals surface area contributed by atoms with Crippen LogP contribution in [0.25, 0.3) is 22.0 Å². The Balaban J connectivity index is 2.16. The normalized spacial score (nSPS) is 15.5. The summed E-state index contributed by atoms with van der Waals surface area (Å²) in [4.78, 5) is 26.0. The van der Waals surface area contributed by atoms with Crippen LogP contribution < -0.4 is 4.90 Å². The summed E-state index contributed by atoms with van der Waals surface area (Å²) >= 11 is 6.09. The fourth-order valence-electron chi connectivity index (χ4n) is 4.69. The van der Waals surface area contributed by atoms with Gasteiger partial charge in [-0.05, 0) is 61.2 Å². The molecule has 156 valence electrons. The maximum atomic E-state index is 12.6. The van der Waals surface area contributed by atoms with Crippen molar-refractivity contribution in [3.63, 3.8) is 0 Å². The number of carboxylic acid groups (broad SMARTS) is 1. The Morgan fingerprint density at radius 3 is 2.50 bits per heavy atom. The van der Waals surface area contributed by atoms with Gasteiger partial charge in [-0.15, -0.1) is 0 Å². The topological polar surface area (TPSA) is 71.8 Å². The number of aryl methyl sites for hydroxylation is 1. The Morgan fingerprint density at radius 2 is 1.90 bits per heavy atom. The first-order valence-electron chi connectivity index (χ1n) is 9.74. The lowest BCUT2D eigenvalue weighted by molar-refractivity contribution is -0.136. The van der Waals surface area contributed by atoms with Crippen molar-refractivity contribution in [1.82, 2.24) is 4.57 Å². The molecular formula is C23H23ClN2O4. The minimum atomic E-state index is -0.926. The van der Waals surface area contributed by atoms with Gasteiger partial charge in [0.15, 0.2) is 0 Å². The molecule has 7 heteroatoms. The highest BCUT2D eigenvalue weighted by atomic mass is 35.5. The molecule has 0 saturated heterocycles. The summed E-state index contributed by atoms with van der Waals surface area (Å²) in [6.07, 6.45) is -0.599. The summed E-state index contributed by atoms with van der Waals surface area (Å²) < 4.78 is 7.27. The predicted octanol–water partition coefficient (Wildman–Crippen LogP) is 5.35. The van der Waals surface area contributed by atoms with E-state index >= 15 is 0 Å². The number of amides is 1. The van der Waals surface area contributed by atoms with Crippen LogP contribution in [0.2, 0.25) is 5.02 Å². The first kappa shape index (κ1) is 20.3. The van der Waals surface area contributed by atoms with Crippen LogP contribution in [0.5, 0.6) is 0 Å². The van der Waals surface area contributed by atoms with Crippen molar-refractivity contribution in [2.75, 3.05) is 18.6 Å². The van der Waals surface area contributed by atoms with E-state index in [1.807, 2.05) is 26.0 Å². The van der Waals surface area contributed by atoms with Crippen LogP contribution in [0, 0.1) is 13.8 Å². The van der Waals surface area contributed by atoms with E-state index < -0.39 is 12.1 Å². The number of ether oxygens (including phenoxy) is 1. The first-order valence-corrected chi connectivity index (χ1v) is 10.1. The Bertz CT molecular complexity index is 1180. The summed E-state index contributed by atoms with van der Waals surface area (Å²) in [5, 5.41) is 11.2. The van der Waals surface area contributed by atoms with Crippen LogP contribution >= 0.6 is 11.6 Å². The molecule has 2 aromatic carbocycles. The van der Waals surface area contributed by atoms with Gasteiger partial charge < -0.3 is 14.4 Å². The largest absolute Gasteiger partial charge is 0.481 e. The van der Waals surface area contributed by atoms with E-state index in [-0.39, 0.29) is 12.5 Å². The number of methoxy groups -OCH3 is 1. The molecule has 0 radical (unpaired) electrons. The van der Waals surface area contributed by atoms with Gasteiger partial charge in [-0.3, -0.25) is 9.69 Å². The van der Waals surface area contributed by atoms with E-state index in [2.05, 4.69) is 17.6 Å². The maximum Gasteiger partial charge on any atom is 0.414 e. The zero-order valence-corrected chi connectivity index (χ0v) is 18.1. The molecular weight excluding hydrogens is 404 g/mol. The standard InChI is InChI=1S/C23H23ClN2O4/c1-12-9-18-20(15-5-7-16(24)8-6-15)17(10-19(27)28)14(3)21-22(18)26(12)13(2)11-25(21)23(29)30-4/h5-9,13H,10-11H2,1-4H3,(H,27,28). The van der Waals surface area contributed by atoms with Crippen molar-refractivity contribution in [3.05, 3.63) is 52.2 Å². The number of carbonyl (C=O) groups excluding carboxylic acids is 1. The number of hydrogen-bond acceptors (Lipinski definition) is 3. The third-order valence-electron chi connectivity index (χ3n) is 5.85. The fraction of sp³-hybridized carbons (Fsp3) is 0.304. The van der Waals surface area contributed by atoms with Gasteiger partial charge in [-0.25, -0.2) is 4.79 Å². The third-order valence-corrected chi connectivity index (χ3v) is 6.10. The van der Waals surface area contributed by atoms with E-state index in [1.54, 1.807) is 17.0 Å². The zero-order valence-electron chi connectivity index (χ0n) is 17.3. The molecule has 1 N–H and O–H groups in total. The molecule has 4 rings (SSSR count). The predicted molar refractivity (Wildman–Crippen MR) is 118 cm³/mol. The number of carboxylic acids is 1. The number of halogens is 1. The molecule has 1 atom stereocenters. The Labute approximate surface area is 179 Å². The molecule has 1 aromatic heterocycles. The molecule has 2 heterocycles. The number of nitrogens with zero attached hydrogens (tertiary/aromatic N) is 2. The highest BCUT2D eigenvalue weighted by Crippen LogP contribution is 2.46. The van der Waals surface area contributed by atoms with Crippen molar-refractivity contribution in [2.24, 2.45) is 0 Å². The van der Waals surface area contributed by atoms with Gasteiger partial charge in [0.1, 0.15) is 0 Å². The molecule has 0 spiro atoms. The molecule has 1 unspecified atom stereocenters. The van der Waals surface area contributed by atoms with Crippen LogP contribution in [0.1, 0.15) is 29.8 Å². The molecule has 1 aliphatic rings. The average Bonchev–Trinajstić information content (AvgIpc) is 3.04. The number of anilines is 1. The minimum Gasteiger partial charge on any atom is -0.481 e. The number of aromatic nitrogens is 1. The van der Waals surface area contributed by atoms with Gasteiger partial charge in [0, 0.05) is 28.7 Å². The number of rotatable bonds is 3. The minimum absolute atomic E-state index is 0.0527. The second-order valence-corrected chi connectivity index (χ2v) is 8.19. The lowest BCUT2D eigenvalue weighted by atomic mass is 9.88. The summed E-state index contributed by atoms with van der Waals surface area (Å²) in [7, 11) is 1.36. The van der Waals surface area contributed by atoms with Gasteiger partial charge in [0.25, 0.3) is 0 Å². The molecule has 0 fully saturated rings. The van der Waals surface area contributed by atoms with E-state index in [0.29, 0.717) is 17.1 Å². The van der Waals surface area contributed by atoms with E-state index in [1.165, 1.54) is 7.11 Å². The van der Waals surface area contributed by atoms with Crippen LogP contribution in [-0.2, 0) is 16.0 Å². The third kappa shape index (κ3) is 3.03. The molecule has 0 saturated carbocycles. The second kappa shape index (κ2) is 7.36. The summed E-state index contributed by atoms with van der Waals surface area (Å²) in [6, 6.07) is 9.54. The fourth-order valence-corrected chi connectivity index (χ4v) is 4.81. The van der Waals surface area contributed by atoms with Gasteiger partial charge >= 0.3 is 12.1 Å². The molecule has 1 aliphatic heterocycles. The number of hydrogen-bond donors (Lipinski definition) is 1. The van der Waals surface area contributed by atoms with E-state index in [0.717, 1.165) is 39.0 Å². The smallest absolute Gasteiger partial charge is 0.414 e. The second-order valence-electron chi connectivity index (χ2n) is 7.75. The number of carbonyl (C=O) groups is 2. The maximum absolute atomic E-state index is 12.6. The summed E-state index contributed by atoms with van der Waals surface area (Å²) in [5.74, 6) is -0.926. The van der Waals surface area contributed by atoms with Crippen molar-refractivity contribution in [2.45, 2.75) is 33.2 Å². The molecule has 1 amide bonds. The van der Waals surface area contributed by atoms with Gasteiger partial charge in [-0.1, -0.05) is 23.7 Å². The van der Waals surface area contributed by atoms with Crippen LogP contribution in [0.3, 0.4) is 0 Å². The molecule has 0 bridgehead atoms. The van der Waals surface area contributed by atoms with Crippen LogP contribution in [0.4, 0.5) is 10.5 Å². The highest BCUT2D eigenvalue weighted by Gasteiger charge is 2.34. The van der Waals surface area contributed by atoms with Gasteiger partial charge in [0.2, 0.25) is 0 Å². The molecule has 30 heavy (non-hydrogen) atoms. The lowest BCUT2D eigenvalue weighted by Gasteiger charge is -2.35. The van der Waals surface area contributed by atoms with Crippen LogP contribution in [0.15, 0.2) is 30.3 Å². The lowest BCUT2D eigenvalue weighted by Crippen LogP contribution is -2.39. The summed E-state index contributed by atoms with van der Waals surface area (Å²) in [5.41, 5.74) is 5.92. The number of aliphatic carboxylic acids is 1. The highest BCUT2D eigenvalue weighted by molar-refractivity contribution is 6.30. The Kier molecular flexibility index (Phi) is 4.98. The van der Waals surface area contributed by atoms with Gasteiger partial charge in [-0.2, -0.15) is 0 Å².